The number of anilines is 1. The van der Waals surface area contributed by atoms with E-state index in [-0.39, 0.29) is 63.6 Å². The summed E-state index contributed by atoms with van der Waals surface area (Å²) in [6.45, 7) is 6.05. The van der Waals surface area contributed by atoms with Crippen LogP contribution in [0.5, 0.6) is 11.5 Å². The molecule has 6 heterocycles. The van der Waals surface area contributed by atoms with E-state index in [1.807, 2.05) is 55.6 Å². The number of aliphatic hydroxyl groups is 1. The van der Waals surface area contributed by atoms with Crippen molar-refractivity contribution >= 4 is 47.1 Å². The summed E-state index contributed by atoms with van der Waals surface area (Å²) in [5.41, 5.74) is 11.1. The highest BCUT2D eigenvalue weighted by molar-refractivity contribution is 5.98. The number of aliphatic hydroxyl groups excluding tert-OH is 1. The molecule has 76 heavy (non-hydrogen) atoms. The summed E-state index contributed by atoms with van der Waals surface area (Å²) >= 11 is 0. The molecule has 2 aromatic carbocycles. The molecule has 8 N–H and O–H groups in total. The number of H-pyrrole nitrogens is 1. The van der Waals surface area contributed by atoms with Crippen LogP contribution in [0.25, 0.3) is 28.3 Å². The third kappa shape index (κ3) is 14.0. The molecule has 0 saturated heterocycles. The van der Waals surface area contributed by atoms with Crippen LogP contribution in [0.2, 0.25) is 0 Å². The maximum atomic E-state index is 14.2. The average molecular weight is 1040 g/mol. The quantitative estimate of drug-likeness (QED) is 0.0399. The van der Waals surface area contributed by atoms with Crippen LogP contribution in [0.3, 0.4) is 0 Å². The van der Waals surface area contributed by atoms with E-state index in [2.05, 4.69) is 36.3 Å². The minimum Gasteiger partial charge on any atom is -0.454 e. The minimum atomic E-state index is -1.07. The number of pyridine rings is 2. The van der Waals surface area contributed by atoms with Crippen molar-refractivity contribution in [1.82, 2.24) is 55.3 Å². The number of amides is 7. The molecule has 2 aliphatic heterocycles. The Balaban J connectivity index is 0.911. The normalized spacial score (nSPS) is 14.4. The van der Waals surface area contributed by atoms with Gasteiger partial charge in [-0.15, -0.1) is 0 Å². The van der Waals surface area contributed by atoms with Gasteiger partial charge in [-0.3, -0.25) is 29.1 Å². The SMILES string of the molecule is Cc1cccc(-c2[nH]c(CN(Cc3ccc4c(c3)OCO4)C(=O)OCc3ccc(NC(=O)[C@H](CCCNC(N)=O)NC(=O)C(NC(=O)CCCCCN4C(=O)C=CC4O)C(C)C)cc3)nc2-c2ccc3ncnn3c2)n1. The number of nitrogens with zero attached hydrogens (tertiary/aromatic N) is 7. The molecule has 2 unspecified atom stereocenters. The second-order valence-electron chi connectivity index (χ2n) is 18.7. The molecule has 0 radical (unpaired) electrons. The Morgan fingerprint density at radius 1 is 0.921 bits per heavy atom. The predicted molar refractivity (Wildman–Crippen MR) is 276 cm³/mol. The Hall–Kier alpha value is -8.86. The fourth-order valence-corrected chi connectivity index (χ4v) is 8.62. The number of hydrogen-bond acceptors (Lipinski definition) is 14. The van der Waals surface area contributed by atoms with Crippen molar-refractivity contribution < 1.29 is 48.1 Å². The smallest absolute Gasteiger partial charge is 0.410 e. The van der Waals surface area contributed by atoms with Crippen molar-refractivity contribution in [1.29, 1.82) is 0 Å². The Morgan fingerprint density at radius 3 is 2.49 bits per heavy atom. The van der Waals surface area contributed by atoms with Crippen LogP contribution >= 0.6 is 0 Å². The van der Waals surface area contributed by atoms with Crippen molar-refractivity contribution in [3.8, 4) is 34.1 Å². The summed E-state index contributed by atoms with van der Waals surface area (Å²) in [6.07, 6.45) is 6.70. The lowest BCUT2D eigenvalue weighted by Gasteiger charge is -2.25. The van der Waals surface area contributed by atoms with E-state index >= 15 is 0 Å². The van der Waals surface area contributed by atoms with Crippen LogP contribution in [0.4, 0.5) is 15.3 Å². The Kier molecular flexibility index (Phi) is 17.5. The first-order valence-electron chi connectivity index (χ1n) is 25.0. The number of aromatic amines is 1. The zero-order chi connectivity index (χ0) is 53.7. The largest absolute Gasteiger partial charge is 0.454 e. The number of carbonyl (C=O) groups is 6. The van der Waals surface area contributed by atoms with E-state index in [4.69, 9.17) is 29.9 Å². The second-order valence-corrected chi connectivity index (χ2v) is 18.7. The topological polar surface area (TPSA) is 303 Å². The van der Waals surface area contributed by atoms with E-state index < -0.39 is 42.3 Å². The van der Waals surface area contributed by atoms with Gasteiger partial charge in [0, 0.05) is 55.3 Å². The number of fused-ring (bicyclic) bond motifs is 2. The number of carbonyl (C=O) groups excluding carboxylic acids is 6. The molecule has 0 fully saturated rings. The summed E-state index contributed by atoms with van der Waals surface area (Å²) in [5, 5.41) is 25.1. The van der Waals surface area contributed by atoms with Crippen molar-refractivity contribution in [2.45, 2.75) is 97.3 Å². The van der Waals surface area contributed by atoms with E-state index in [0.717, 1.165) is 16.8 Å². The molecule has 23 nitrogen and oxygen atoms in total. The third-order valence-electron chi connectivity index (χ3n) is 12.6. The van der Waals surface area contributed by atoms with Crippen molar-refractivity contribution in [3.63, 3.8) is 0 Å². The van der Waals surface area contributed by atoms with Gasteiger partial charge in [0.15, 0.2) is 17.1 Å². The number of urea groups is 1. The summed E-state index contributed by atoms with van der Waals surface area (Å²) < 4.78 is 18.7. The second kappa shape index (κ2) is 24.9. The van der Waals surface area contributed by atoms with Gasteiger partial charge >= 0.3 is 12.1 Å². The molecule has 2 aliphatic rings. The Labute approximate surface area is 437 Å². The number of hydrogen-bond donors (Lipinski definition) is 7. The van der Waals surface area contributed by atoms with Gasteiger partial charge in [0.25, 0.3) is 0 Å². The molecular weight excluding hydrogens is 979 g/mol. The Morgan fingerprint density at radius 2 is 1.72 bits per heavy atom. The van der Waals surface area contributed by atoms with Gasteiger partial charge in [0.1, 0.15) is 37.1 Å². The molecule has 3 atom stereocenters. The van der Waals surface area contributed by atoms with E-state index in [1.165, 1.54) is 28.3 Å². The standard InChI is InChI=1S/C53H61N13O10/c1-32(2)47(63-44(67)12-5-4-6-24-65-45(68)21-22-46(65)69)51(71)60-39(11-8-23-55-52(54)72)50(70)59-37-17-13-34(14-18-37)29-74-53(73)64(26-35-15-19-40-41(25-35)76-31-75-40)28-42-61-48(36-16-20-43-56-30-57-66(43)27-36)49(62-42)38-10-7-9-33(3)58-38/h7,9-10,13-22,25,27,30,32,39,45,47,68H,4-6,8,11-12,23-24,26,28-29,31H2,1-3H3,(H,59,70)(H,60,71)(H,61,62)(H,63,67)(H3,54,55,72)/t39-,45?,47?/m0/s1. The number of aromatic nitrogens is 6. The van der Waals surface area contributed by atoms with Gasteiger partial charge in [0.2, 0.25) is 30.4 Å². The first kappa shape index (κ1) is 53.4. The van der Waals surface area contributed by atoms with Gasteiger partial charge in [-0.2, -0.15) is 5.10 Å². The van der Waals surface area contributed by atoms with Gasteiger partial charge in [-0.25, -0.2) is 24.1 Å². The van der Waals surface area contributed by atoms with Gasteiger partial charge in [-0.05, 0) is 104 Å². The minimum absolute atomic E-state index is 0.0124. The molecule has 0 aliphatic carbocycles. The fraction of sp³-hybridized carbons (Fsp3) is 0.358. The average Bonchev–Trinajstić information content (AvgIpc) is 4.23. The Bertz CT molecular complexity index is 3080. The number of imidazole rings is 1. The maximum absolute atomic E-state index is 14.2. The molecule has 6 aromatic rings. The number of unbranched alkanes of at least 4 members (excludes halogenated alkanes) is 2. The molecule has 0 bridgehead atoms. The van der Waals surface area contributed by atoms with Gasteiger partial charge in [0.05, 0.1) is 23.6 Å². The highest BCUT2D eigenvalue weighted by atomic mass is 16.7. The van der Waals surface area contributed by atoms with Crippen LogP contribution < -0.4 is 36.5 Å². The fourth-order valence-electron chi connectivity index (χ4n) is 8.62. The van der Waals surface area contributed by atoms with E-state index in [0.29, 0.717) is 83.5 Å². The number of rotatable bonds is 24. The van der Waals surface area contributed by atoms with Crippen LogP contribution in [0, 0.1) is 12.8 Å². The molecule has 7 amide bonds. The lowest BCUT2D eigenvalue weighted by atomic mass is 10.0. The molecule has 4 aromatic heterocycles. The van der Waals surface area contributed by atoms with E-state index in [1.54, 1.807) is 48.7 Å². The molecule has 0 saturated carbocycles. The number of aryl methyl sites for hydroxylation is 1. The van der Waals surface area contributed by atoms with Crippen LogP contribution in [0.1, 0.15) is 75.0 Å². The summed E-state index contributed by atoms with van der Waals surface area (Å²) in [4.78, 5) is 98.3. The van der Waals surface area contributed by atoms with Crippen molar-refractivity contribution in [3.05, 3.63) is 120 Å². The van der Waals surface area contributed by atoms with Crippen molar-refractivity contribution in [2.75, 3.05) is 25.2 Å². The molecule has 8 rings (SSSR count). The van der Waals surface area contributed by atoms with Crippen molar-refractivity contribution in [2.24, 2.45) is 11.7 Å². The summed E-state index contributed by atoms with van der Waals surface area (Å²) in [6, 6.07) is 18.8. The molecule has 398 valence electrons. The third-order valence-corrected chi connectivity index (χ3v) is 12.6. The monoisotopic (exact) mass is 1040 g/mol. The lowest BCUT2D eigenvalue weighted by molar-refractivity contribution is -0.132. The number of benzene rings is 2. The molecular formula is C53H61N13O10. The summed E-state index contributed by atoms with van der Waals surface area (Å²) in [7, 11) is 0. The highest BCUT2D eigenvalue weighted by Crippen LogP contribution is 2.34. The zero-order valence-electron chi connectivity index (χ0n) is 42.4. The predicted octanol–water partition coefficient (Wildman–Crippen LogP) is 4.85. The first-order valence-corrected chi connectivity index (χ1v) is 25.0. The molecule has 0 spiro atoms. The van der Waals surface area contributed by atoms with Crippen LogP contribution in [0.15, 0.2) is 97.5 Å². The maximum Gasteiger partial charge on any atom is 0.410 e. The first-order chi connectivity index (χ1) is 36.7. The molecule has 23 heteroatoms. The van der Waals surface area contributed by atoms with Gasteiger partial charge in [-0.1, -0.05) is 44.5 Å². The highest BCUT2D eigenvalue weighted by Gasteiger charge is 2.30. The number of ether oxygens (including phenoxy) is 3. The van der Waals surface area contributed by atoms with Gasteiger partial charge < -0.3 is 56.2 Å². The summed E-state index contributed by atoms with van der Waals surface area (Å²) in [5.74, 6) is -0.435. The van der Waals surface area contributed by atoms with E-state index in [9.17, 15) is 33.9 Å². The number of nitrogens with one attached hydrogen (secondary N) is 5. The van der Waals surface area contributed by atoms with Crippen LogP contribution in [-0.4, -0.2) is 118 Å². The zero-order valence-corrected chi connectivity index (χ0v) is 42.4. The number of primary amides is 1. The van der Waals surface area contributed by atoms with Crippen LogP contribution in [-0.2, 0) is 43.6 Å². The number of nitrogens with two attached hydrogens (primary N) is 1. The lowest BCUT2D eigenvalue weighted by Crippen LogP contribution is -2.54.